The van der Waals surface area contributed by atoms with Crippen molar-refractivity contribution in [2.45, 2.75) is 6.92 Å². The molecule has 0 aliphatic heterocycles. The topological polar surface area (TPSA) is 78.6 Å². The molecule has 0 amide bonds. The average molecular weight is 337 g/mol. The van der Waals surface area contributed by atoms with Gasteiger partial charge in [0.2, 0.25) is 5.89 Å². The Morgan fingerprint density at radius 2 is 1.96 bits per heavy atom. The highest BCUT2D eigenvalue weighted by atomic mass is 16.5. The summed E-state index contributed by atoms with van der Waals surface area (Å²) in [5.74, 6) is 0.677. The Labute approximate surface area is 143 Å². The van der Waals surface area contributed by atoms with Gasteiger partial charge in [-0.2, -0.15) is 0 Å². The van der Waals surface area contributed by atoms with E-state index in [4.69, 9.17) is 13.9 Å². The van der Waals surface area contributed by atoms with Crippen molar-refractivity contribution >= 4 is 29.0 Å². The molecule has 0 spiro atoms. The lowest BCUT2D eigenvalue weighted by Gasteiger charge is -2.04. The van der Waals surface area contributed by atoms with E-state index >= 15 is 0 Å². The second-order valence-electron chi connectivity index (χ2n) is 5.19. The molecule has 0 fully saturated rings. The Bertz CT molecular complexity index is 1020. The SMILES string of the molecule is COc1ccccc1C=Cc1nc2ccc(OC(C)=O)cc2c(=O)o1. The van der Waals surface area contributed by atoms with Crippen molar-refractivity contribution in [2.24, 2.45) is 0 Å². The molecule has 3 aromatic rings. The third-order valence-electron chi connectivity index (χ3n) is 3.42. The van der Waals surface area contributed by atoms with Gasteiger partial charge in [-0.05, 0) is 30.3 Å². The summed E-state index contributed by atoms with van der Waals surface area (Å²) in [6, 6.07) is 12.1. The molecule has 0 aliphatic carbocycles. The maximum atomic E-state index is 12.2. The van der Waals surface area contributed by atoms with Crippen LogP contribution in [0.3, 0.4) is 0 Å². The summed E-state index contributed by atoms with van der Waals surface area (Å²) in [6.45, 7) is 1.29. The van der Waals surface area contributed by atoms with Gasteiger partial charge in [0, 0.05) is 18.6 Å². The Hall–Kier alpha value is -3.41. The average Bonchev–Trinajstić information content (AvgIpc) is 2.60. The number of methoxy groups -OCH3 is 1. The van der Waals surface area contributed by atoms with E-state index in [1.165, 1.54) is 13.0 Å². The summed E-state index contributed by atoms with van der Waals surface area (Å²) < 4.78 is 15.4. The molecule has 0 atom stereocenters. The summed E-state index contributed by atoms with van der Waals surface area (Å²) in [4.78, 5) is 27.5. The molecule has 1 aromatic heterocycles. The first kappa shape index (κ1) is 16.4. The zero-order chi connectivity index (χ0) is 17.8. The number of para-hydroxylation sites is 1. The molecular weight excluding hydrogens is 322 g/mol. The second kappa shape index (κ2) is 7.00. The molecular formula is C19H15NO5. The van der Waals surface area contributed by atoms with Gasteiger partial charge < -0.3 is 13.9 Å². The van der Waals surface area contributed by atoms with Crippen LogP contribution in [0, 0.1) is 0 Å². The molecule has 0 bridgehead atoms. The molecule has 6 heteroatoms. The summed E-state index contributed by atoms with van der Waals surface area (Å²) in [6.07, 6.45) is 3.35. The number of hydrogen-bond donors (Lipinski definition) is 0. The fourth-order valence-electron chi connectivity index (χ4n) is 2.33. The summed E-state index contributed by atoms with van der Waals surface area (Å²) in [5, 5.41) is 0.244. The summed E-state index contributed by atoms with van der Waals surface area (Å²) in [7, 11) is 1.59. The van der Waals surface area contributed by atoms with E-state index in [-0.39, 0.29) is 17.0 Å². The number of nitrogens with zero attached hydrogens (tertiary/aromatic N) is 1. The standard InChI is InChI=1S/C19H15NO5/c1-12(21)24-14-8-9-16-15(11-14)19(22)25-18(20-16)10-7-13-5-3-4-6-17(13)23-2/h3-11H,1-2H3. The lowest BCUT2D eigenvalue weighted by Crippen LogP contribution is -2.05. The van der Waals surface area contributed by atoms with Crippen LogP contribution in [0.15, 0.2) is 51.7 Å². The van der Waals surface area contributed by atoms with E-state index in [9.17, 15) is 9.59 Å². The molecule has 0 saturated carbocycles. The number of rotatable bonds is 4. The zero-order valence-corrected chi connectivity index (χ0v) is 13.7. The first-order chi connectivity index (χ1) is 12.1. The second-order valence-corrected chi connectivity index (χ2v) is 5.19. The highest BCUT2D eigenvalue weighted by molar-refractivity contribution is 5.81. The molecule has 2 aromatic carbocycles. The van der Waals surface area contributed by atoms with Crippen molar-refractivity contribution in [3.05, 3.63) is 64.3 Å². The van der Waals surface area contributed by atoms with Gasteiger partial charge in [0.1, 0.15) is 11.5 Å². The van der Waals surface area contributed by atoms with Gasteiger partial charge in [-0.25, -0.2) is 9.78 Å². The molecule has 0 aliphatic rings. The number of benzene rings is 2. The molecule has 6 nitrogen and oxygen atoms in total. The Balaban J connectivity index is 1.97. The van der Waals surface area contributed by atoms with Crippen LogP contribution in [-0.4, -0.2) is 18.1 Å². The van der Waals surface area contributed by atoms with Crippen molar-refractivity contribution in [1.29, 1.82) is 0 Å². The molecule has 0 N–H and O–H groups in total. The highest BCUT2D eigenvalue weighted by Gasteiger charge is 2.08. The zero-order valence-electron chi connectivity index (χ0n) is 13.7. The summed E-state index contributed by atoms with van der Waals surface area (Å²) >= 11 is 0. The first-order valence-electron chi connectivity index (χ1n) is 7.51. The minimum atomic E-state index is -0.557. The van der Waals surface area contributed by atoms with E-state index < -0.39 is 11.6 Å². The van der Waals surface area contributed by atoms with Crippen LogP contribution in [-0.2, 0) is 4.79 Å². The molecule has 0 radical (unpaired) electrons. The molecule has 25 heavy (non-hydrogen) atoms. The number of hydrogen-bond acceptors (Lipinski definition) is 6. The summed E-state index contributed by atoms with van der Waals surface area (Å²) in [5.41, 5.74) is 0.727. The van der Waals surface area contributed by atoms with Crippen LogP contribution in [0.2, 0.25) is 0 Å². The normalized spacial score (nSPS) is 11.0. The van der Waals surface area contributed by atoms with Crippen LogP contribution in [0.1, 0.15) is 18.4 Å². The van der Waals surface area contributed by atoms with Crippen molar-refractivity contribution in [1.82, 2.24) is 4.98 Å². The van der Waals surface area contributed by atoms with Gasteiger partial charge in [0.05, 0.1) is 18.0 Å². The largest absolute Gasteiger partial charge is 0.496 e. The van der Waals surface area contributed by atoms with Crippen LogP contribution in [0.25, 0.3) is 23.1 Å². The van der Waals surface area contributed by atoms with Gasteiger partial charge in [0.15, 0.2) is 0 Å². The Kier molecular flexibility index (Phi) is 4.61. The predicted octanol–water partition coefficient (Wildman–Crippen LogP) is 3.29. The molecule has 1 heterocycles. The maximum Gasteiger partial charge on any atom is 0.347 e. The number of ether oxygens (including phenoxy) is 2. The Morgan fingerprint density at radius 1 is 1.16 bits per heavy atom. The van der Waals surface area contributed by atoms with Gasteiger partial charge in [-0.1, -0.05) is 18.2 Å². The van der Waals surface area contributed by atoms with Crippen molar-refractivity contribution in [3.63, 3.8) is 0 Å². The van der Waals surface area contributed by atoms with Crippen LogP contribution in [0.4, 0.5) is 0 Å². The van der Waals surface area contributed by atoms with E-state index in [1.54, 1.807) is 31.4 Å². The van der Waals surface area contributed by atoms with E-state index in [0.717, 1.165) is 5.56 Å². The van der Waals surface area contributed by atoms with E-state index in [0.29, 0.717) is 11.3 Å². The van der Waals surface area contributed by atoms with Gasteiger partial charge >= 0.3 is 11.6 Å². The monoisotopic (exact) mass is 337 g/mol. The van der Waals surface area contributed by atoms with Gasteiger partial charge in [-0.3, -0.25) is 4.79 Å². The Morgan fingerprint density at radius 3 is 2.72 bits per heavy atom. The molecule has 3 rings (SSSR count). The third-order valence-corrected chi connectivity index (χ3v) is 3.42. The van der Waals surface area contributed by atoms with Crippen molar-refractivity contribution in [3.8, 4) is 11.5 Å². The lowest BCUT2D eigenvalue weighted by molar-refractivity contribution is -0.131. The minimum Gasteiger partial charge on any atom is -0.496 e. The van der Waals surface area contributed by atoms with Crippen LogP contribution >= 0.6 is 0 Å². The number of carbonyl (C=O) groups excluding carboxylic acids is 1. The van der Waals surface area contributed by atoms with E-state index in [2.05, 4.69) is 4.98 Å². The third kappa shape index (κ3) is 3.74. The quantitative estimate of drug-likeness (QED) is 0.537. The predicted molar refractivity (Wildman–Crippen MR) is 93.5 cm³/mol. The number of aromatic nitrogens is 1. The van der Waals surface area contributed by atoms with Crippen molar-refractivity contribution < 1.29 is 18.7 Å². The molecule has 0 unspecified atom stereocenters. The highest BCUT2D eigenvalue weighted by Crippen LogP contribution is 2.21. The fraction of sp³-hybridized carbons (Fsp3) is 0.105. The molecule has 126 valence electrons. The smallest absolute Gasteiger partial charge is 0.347 e. The number of fused-ring (bicyclic) bond motifs is 1. The first-order valence-corrected chi connectivity index (χ1v) is 7.51. The van der Waals surface area contributed by atoms with Crippen LogP contribution in [0.5, 0.6) is 11.5 Å². The number of esters is 1. The van der Waals surface area contributed by atoms with Crippen molar-refractivity contribution in [2.75, 3.05) is 7.11 Å². The van der Waals surface area contributed by atoms with Crippen LogP contribution < -0.4 is 15.1 Å². The van der Waals surface area contributed by atoms with E-state index in [1.807, 2.05) is 24.3 Å². The number of carbonyl (C=O) groups is 1. The fourth-order valence-corrected chi connectivity index (χ4v) is 2.33. The van der Waals surface area contributed by atoms with Gasteiger partial charge in [-0.15, -0.1) is 0 Å². The molecule has 0 saturated heterocycles. The maximum absolute atomic E-state index is 12.2. The minimum absolute atomic E-state index is 0.170. The lowest BCUT2D eigenvalue weighted by atomic mass is 10.2. The van der Waals surface area contributed by atoms with Gasteiger partial charge in [0.25, 0.3) is 0 Å².